The zero-order chi connectivity index (χ0) is 12.5. The zero-order valence-electron chi connectivity index (χ0n) is 10.9. The number of nitrogens with two attached hydrogens (primary N) is 1. The van der Waals surface area contributed by atoms with E-state index in [2.05, 4.69) is 16.8 Å². The minimum absolute atomic E-state index is 0.551. The molecule has 0 bridgehead atoms. The predicted molar refractivity (Wildman–Crippen MR) is 69.6 cm³/mol. The van der Waals surface area contributed by atoms with Crippen LogP contribution < -0.4 is 5.73 Å². The number of rotatable bonds is 8. The number of aromatic nitrogens is 1. The van der Waals surface area contributed by atoms with Crippen LogP contribution in [0.3, 0.4) is 0 Å². The second-order valence-electron chi connectivity index (χ2n) is 3.93. The van der Waals surface area contributed by atoms with Gasteiger partial charge in [0.1, 0.15) is 0 Å². The van der Waals surface area contributed by atoms with Crippen LogP contribution in [0.5, 0.6) is 0 Å². The summed E-state index contributed by atoms with van der Waals surface area (Å²) in [4.78, 5) is 6.72. The van der Waals surface area contributed by atoms with Gasteiger partial charge in [-0.05, 0) is 25.1 Å². The van der Waals surface area contributed by atoms with Gasteiger partial charge in [-0.15, -0.1) is 0 Å². The van der Waals surface area contributed by atoms with Crippen molar-refractivity contribution in [2.24, 2.45) is 5.73 Å². The molecule has 0 radical (unpaired) electrons. The van der Waals surface area contributed by atoms with Crippen LogP contribution in [-0.4, -0.2) is 36.2 Å². The summed E-state index contributed by atoms with van der Waals surface area (Å²) in [6.07, 6.45) is 1.85. The van der Waals surface area contributed by atoms with Gasteiger partial charge in [0.15, 0.2) is 0 Å². The first-order valence-electron chi connectivity index (χ1n) is 6.24. The van der Waals surface area contributed by atoms with Crippen LogP contribution in [-0.2, 0) is 17.8 Å². The monoisotopic (exact) mass is 237 g/mol. The Morgan fingerprint density at radius 1 is 1.35 bits per heavy atom. The van der Waals surface area contributed by atoms with Crippen LogP contribution in [0.2, 0.25) is 0 Å². The van der Waals surface area contributed by atoms with E-state index in [0.717, 1.165) is 44.1 Å². The minimum Gasteiger partial charge on any atom is -0.380 e. The topological polar surface area (TPSA) is 51.4 Å². The van der Waals surface area contributed by atoms with E-state index >= 15 is 0 Å². The van der Waals surface area contributed by atoms with E-state index in [1.807, 2.05) is 25.3 Å². The molecule has 2 N–H and O–H groups in total. The largest absolute Gasteiger partial charge is 0.380 e. The maximum absolute atomic E-state index is 5.54. The molecule has 0 aliphatic heterocycles. The lowest BCUT2D eigenvalue weighted by atomic mass is 10.2. The molecule has 4 heteroatoms. The van der Waals surface area contributed by atoms with Crippen LogP contribution in [0.1, 0.15) is 25.1 Å². The molecule has 1 aromatic rings. The van der Waals surface area contributed by atoms with Crippen molar-refractivity contribution in [3.8, 4) is 0 Å². The molecule has 1 aromatic heterocycles. The van der Waals surface area contributed by atoms with E-state index in [0.29, 0.717) is 6.54 Å². The average molecular weight is 237 g/mol. The Labute approximate surface area is 104 Å². The quantitative estimate of drug-likeness (QED) is 0.694. The molecule has 0 aromatic carbocycles. The maximum atomic E-state index is 5.54. The molecule has 0 saturated heterocycles. The number of hydrogen-bond donors (Lipinski definition) is 1. The van der Waals surface area contributed by atoms with E-state index in [4.69, 9.17) is 10.5 Å². The SMILES string of the molecule is CCOCCN(CC)Cc1ccc(CN)cn1. The highest BCUT2D eigenvalue weighted by Gasteiger charge is 2.04. The van der Waals surface area contributed by atoms with Gasteiger partial charge in [-0.25, -0.2) is 0 Å². The lowest BCUT2D eigenvalue weighted by Crippen LogP contribution is -2.27. The van der Waals surface area contributed by atoms with Crippen LogP contribution in [0, 0.1) is 0 Å². The van der Waals surface area contributed by atoms with Crippen LogP contribution in [0.4, 0.5) is 0 Å². The second-order valence-corrected chi connectivity index (χ2v) is 3.93. The highest BCUT2D eigenvalue weighted by Crippen LogP contribution is 2.03. The van der Waals surface area contributed by atoms with Crippen molar-refractivity contribution in [3.05, 3.63) is 29.6 Å². The Balaban J connectivity index is 2.43. The highest BCUT2D eigenvalue weighted by molar-refractivity contribution is 5.13. The van der Waals surface area contributed by atoms with Gasteiger partial charge in [0, 0.05) is 32.4 Å². The first-order valence-corrected chi connectivity index (χ1v) is 6.24. The van der Waals surface area contributed by atoms with Gasteiger partial charge in [0.2, 0.25) is 0 Å². The number of hydrogen-bond acceptors (Lipinski definition) is 4. The minimum atomic E-state index is 0.551. The summed E-state index contributed by atoms with van der Waals surface area (Å²) < 4.78 is 5.36. The van der Waals surface area contributed by atoms with Crippen LogP contribution >= 0.6 is 0 Å². The van der Waals surface area contributed by atoms with Crippen molar-refractivity contribution in [1.29, 1.82) is 0 Å². The summed E-state index contributed by atoms with van der Waals surface area (Å²) in [6, 6.07) is 4.09. The molecule has 0 spiro atoms. The summed E-state index contributed by atoms with van der Waals surface area (Å²) in [6.45, 7) is 9.11. The number of likely N-dealkylation sites (N-methyl/N-ethyl adjacent to an activating group) is 1. The first kappa shape index (κ1) is 14.1. The standard InChI is InChI=1S/C13H23N3O/c1-3-16(7-8-17-4-2)11-13-6-5-12(9-14)10-15-13/h5-6,10H,3-4,7-9,11,14H2,1-2H3. The van der Waals surface area contributed by atoms with Crippen LogP contribution in [0.25, 0.3) is 0 Å². The summed E-state index contributed by atoms with van der Waals surface area (Å²) >= 11 is 0. The zero-order valence-corrected chi connectivity index (χ0v) is 10.9. The van der Waals surface area contributed by atoms with Crippen molar-refractivity contribution >= 4 is 0 Å². The molecule has 0 saturated carbocycles. The Hall–Kier alpha value is -0.970. The normalized spacial score (nSPS) is 11.1. The Kier molecular flexibility index (Phi) is 6.77. The number of nitrogens with zero attached hydrogens (tertiary/aromatic N) is 2. The Morgan fingerprint density at radius 2 is 2.18 bits per heavy atom. The molecule has 0 aliphatic rings. The molecule has 0 aliphatic carbocycles. The van der Waals surface area contributed by atoms with Crippen molar-refractivity contribution in [2.75, 3.05) is 26.3 Å². The van der Waals surface area contributed by atoms with Gasteiger partial charge in [-0.3, -0.25) is 9.88 Å². The molecule has 0 fully saturated rings. The van der Waals surface area contributed by atoms with E-state index in [9.17, 15) is 0 Å². The molecule has 1 rings (SSSR count). The number of pyridine rings is 1. The molecular formula is C13H23N3O. The third-order valence-corrected chi connectivity index (χ3v) is 2.71. The lowest BCUT2D eigenvalue weighted by Gasteiger charge is -2.19. The molecule has 0 amide bonds. The first-order chi connectivity index (χ1) is 8.30. The van der Waals surface area contributed by atoms with Crippen molar-refractivity contribution in [2.45, 2.75) is 26.9 Å². The predicted octanol–water partition coefficient (Wildman–Crippen LogP) is 1.40. The average Bonchev–Trinajstić information content (AvgIpc) is 2.38. The third-order valence-electron chi connectivity index (χ3n) is 2.71. The lowest BCUT2D eigenvalue weighted by molar-refractivity contribution is 0.112. The van der Waals surface area contributed by atoms with Gasteiger partial charge in [-0.2, -0.15) is 0 Å². The third kappa shape index (κ3) is 5.26. The Bertz CT molecular complexity index is 300. The van der Waals surface area contributed by atoms with E-state index in [1.54, 1.807) is 0 Å². The molecule has 1 heterocycles. The molecule has 17 heavy (non-hydrogen) atoms. The van der Waals surface area contributed by atoms with E-state index in [1.165, 1.54) is 0 Å². The van der Waals surface area contributed by atoms with Crippen molar-refractivity contribution < 1.29 is 4.74 Å². The fraction of sp³-hybridized carbons (Fsp3) is 0.615. The maximum Gasteiger partial charge on any atom is 0.0593 e. The second kappa shape index (κ2) is 8.17. The van der Waals surface area contributed by atoms with Gasteiger partial charge in [-0.1, -0.05) is 13.0 Å². The van der Waals surface area contributed by atoms with Gasteiger partial charge >= 0.3 is 0 Å². The molecule has 0 atom stereocenters. The fourth-order valence-corrected chi connectivity index (χ4v) is 1.59. The smallest absolute Gasteiger partial charge is 0.0593 e. The number of ether oxygens (including phenoxy) is 1. The van der Waals surface area contributed by atoms with Gasteiger partial charge in [0.05, 0.1) is 12.3 Å². The summed E-state index contributed by atoms with van der Waals surface area (Å²) in [5.41, 5.74) is 7.70. The summed E-state index contributed by atoms with van der Waals surface area (Å²) in [7, 11) is 0. The fourth-order valence-electron chi connectivity index (χ4n) is 1.59. The van der Waals surface area contributed by atoms with E-state index < -0.39 is 0 Å². The Morgan fingerprint density at radius 3 is 2.71 bits per heavy atom. The van der Waals surface area contributed by atoms with Crippen molar-refractivity contribution in [3.63, 3.8) is 0 Å². The summed E-state index contributed by atoms with van der Waals surface area (Å²) in [5, 5.41) is 0. The molecule has 4 nitrogen and oxygen atoms in total. The molecular weight excluding hydrogens is 214 g/mol. The highest BCUT2D eigenvalue weighted by atomic mass is 16.5. The molecule has 96 valence electrons. The van der Waals surface area contributed by atoms with E-state index in [-0.39, 0.29) is 0 Å². The summed E-state index contributed by atoms with van der Waals surface area (Å²) in [5.74, 6) is 0. The molecule has 0 unspecified atom stereocenters. The van der Waals surface area contributed by atoms with Gasteiger partial charge in [0.25, 0.3) is 0 Å². The van der Waals surface area contributed by atoms with Crippen molar-refractivity contribution in [1.82, 2.24) is 9.88 Å². The van der Waals surface area contributed by atoms with Gasteiger partial charge < -0.3 is 10.5 Å². The van der Waals surface area contributed by atoms with Crippen LogP contribution in [0.15, 0.2) is 18.3 Å².